The van der Waals surface area contributed by atoms with Gasteiger partial charge >= 0.3 is 0 Å². The predicted octanol–water partition coefficient (Wildman–Crippen LogP) is 4.22. The maximum Gasteiger partial charge on any atom is 0.276 e. The number of amides is 2. The lowest BCUT2D eigenvalue weighted by Gasteiger charge is -2.30. The highest BCUT2D eigenvalue weighted by molar-refractivity contribution is 6.05. The molecule has 3 heterocycles. The van der Waals surface area contributed by atoms with E-state index in [0.717, 1.165) is 17.9 Å². The highest BCUT2D eigenvalue weighted by Crippen LogP contribution is 2.26. The molecule has 212 valence electrons. The minimum Gasteiger partial charge on any atom is -0.354 e. The van der Waals surface area contributed by atoms with Gasteiger partial charge in [-0.2, -0.15) is 0 Å². The van der Waals surface area contributed by atoms with Crippen LogP contribution in [0.2, 0.25) is 0 Å². The van der Waals surface area contributed by atoms with Crippen molar-refractivity contribution in [2.24, 2.45) is 0 Å². The zero-order chi connectivity index (χ0) is 28.6. The number of fused-ring (bicyclic) bond motifs is 1. The van der Waals surface area contributed by atoms with Crippen LogP contribution in [-0.2, 0) is 11.3 Å². The van der Waals surface area contributed by atoms with E-state index in [1.54, 1.807) is 40.3 Å². The van der Waals surface area contributed by atoms with E-state index in [1.807, 2.05) is 19.9 Å². The summed E-state index contributed by atoms with van der Waals surface area (Å²) in [5, 5.41) is 3.16. The molecule has 1 N–H and O–H groups in total. The van der Waals surface area contributed by atoms with Crippen LogP contribution >= 0.6 is 0 Å². The fourth-order valence-electron chi connectivity index (χ4n) is 4.93. The van der Waals surface area contributed by atoms with Gasteiger partial charge in [0.25, 0.3) is 5.91 Å². The van der Waals surface area contributed by atoms with Gasteiger partial charge in [-0.15, -0.1) is 0 Å². The van der Waals surface area contributed by atoms with Gasteiger partial charge in [0.05, 0.1) is 5.69 Å². The molecule has 10 heteroatoms. The Morgan fingerprint density at radius 1 is 1.00 bits per heavy atom. The van der Waals surface area contributed by atoms with Gasteiger partial charge in [0.1, 0.15) is 11.5 Å². The summed E-state index contributed by atoms with van der Waals surface area (Å²) in [6.45, 7) is 11.1. The molecular weight excluding hydrogens is 509 g/mol. The minimum atomic E-state index is -0.438. The summed E-state index contributed by atoms with van der Waals surface area (Å²) in [6.07, 6.45) is 2.51. The monoisotopic (exact) mass is 547 g/mol. The molecule has 2 aromatic heterocycles. The second-order valence-electron chi connectivity index (χ2n) is 10.4. The van der Waals surface area contributed by atoms with Crippen molar-refractivity contribution >= 4 is 23.5 Å². The summed E-state index contributed by atoms with van der Waals surface area (Å²) in [6, 6.07) is 11.8. The second kappa shape index (κ2) is 13.4. The molecule has 9 nitrogen and oxygen atoms in total. The summed E-state index contributed by atoms with van der Waals surface area (Å²) in [5.41, 5.74) is 3.18. The topological polar surface area (TPSA) is 94.6 Å². The zero-order valence-corrected chi connectivity index (χ0v) is 23.7. The van der Waals surface area contributed by atoms with Crippen LogP contribution in [0.15, 0.2) is 48.7 Å². The molecule has 40 heavy (non-hydrogen) atoms. The number of aryl methyl sites for hydroxylation is 2. The zero-order valence-electron chi connectivity index (χ0n) is 23.7. The van der Waals surface area contributed by atoms with Gasteiger partial charge in [-0.1, -0.05) is 12.1 Å². The van der Waals surface area contributed by atoms with Gasteiger partial charge in [0.15, 0.2) is 0 Å². The van der Waals surface area contributed by atoms with Crippen molar-refractivity contribution in [2.45, 2.75) is 53.1 Å². The van der Waals surface area contributed by atoms with Crippen molar-refractivity contribution in [1.29, 1.82) is 0 Å². The third-order valence-corrected chi connectivity index (χ3v) is 7.00. The standard InChI is InChI=1S/C30H38FN7O2/c1-21(2)36-14-7-15-38(29(40)26-8-5-6-12-32-26)27-19-25(31)10-9-24(27)20-37(17-16-36)28(39)11-13-33-30-34-22(3)18-23(4)35-30/h5-6,8-10,12,18-19,21H,7,11,13-17,20H2,1-4H3,(H,33,34,35). The fourth-order valence-corrected chi connectivity index (χ4v) is 4.93. The third kappa shape index (κ3) is 7.59. The van der Waals surface area contributed by atoms with Gasteiger partial charge in [0, 0.05) is 69.3 Å². The van der Waals surface area contributed by atoms with Crippen molar-refractivity contribution in [1.82, 2.24) is 24.8 Å². The normalized spacial score (nSPS) is 14.9. The van der Waals surface area contributed by atoms with Gasteiger partial charge in [0.2, 0.25) is 11.9 Å². The summed E-state index contributed by atoms with van der Waals surface area (Å²) < 4.78 is 14.6. The van der Waals surface area contributed by atoms with E-state index in [2.05, 4.69) is 39.0 Å². The summed E-state index contributed by atoms with van der Waals surface area (Å²) in [7, 11) is 0. The number of anilines is 2. The first kappa shape index (κ1) is 29.1. The van der Waals surface area contributed by atoms with Crippen molar-refractivity contribution in [3.8, 4) is 0 Å². The molecule has 1 aliphatic heterocycles. The van der Waals surface area contributed by atoms with E-state index in [4.69, 9.17) is 0 Å². The number of nitrogens with one attached hydrogen (secondary N) is 1. The number of carbonyl (C=O) groups is 2. The molecule has 0 atom stereocenters. The van der Waals surface area contributed by atoms with Crippen LogP contribution in [0.4, 0.5) is 16.0 Å². The first-order chi connectivity index (χ1) is 19.2. The molecular formula is C30H38FN7O2. The highest BCUT2D eigenvalue weighted by atomic mass is 19.1. The number of halogens is 1. The first-order valence-electron chi connectivity index (χ1n) is 13.8. The lowest BCUT2D eigenvalue weighted by Crippen LogP contribution is -2.41. The van der Waals surface area contributed by atoms with E-state index in [0.29, 0.717) is 55.5 Å². The Morgan fingerprint density at radius 3 is 2.48 bits per heavy atom. The molecule has 0 fully saturated rings. The average molecular weight is 548 g/mol. The van der Waals surface area contributed by atoms with Crippen LogP contribution in [0, 0.1) is 19.7 Å². The molecule has 4 rings (SSSR count). The average Bonchev–Trinajstić information content (AvgIpc) is 2.95. The Labute approximate surface area is 235 Å². The number of carbonyl (C=O) groups excluding carboxylic acids is 2. The maximum absolute atomic E-state index is 14.6. The molecule has 0 spiro atoms. The fraction of sp³-hybridized carbons (Fsp3) is 0.433. The second-order valence-corrected chi connectivity index (χ2v) is 10.4. The molecule has 0 radical (unpaired) electrons. The van der Waals surface area contributed by atoms with Crippen LogP contribution in [-0.4, -0.2) is 75.3 Å². The smallest absolute Gasteiger partial charge is 0.276 e. The van der Waals surface area contributed by atoms with Crippen LogP contribution in [0.5, 0.6) is 0 Å². The van der Waals surface area contributed by atoms with E-state index in [1.165, 1.54) is 12.1 Å². The summed E-state index contributed by atoms with van der Waals surface area (Å²) >= 11 is 0. The van der Waals surface area contributed by atoms with E-state index in [-0.39, 0.29) is 30.8 Å². The Morgan fingerprint density at radius 2 is 1.77 bits per heavy atom. The molecule has 0 bridgehead atoms. The Bertz CT molecular complexity index is 1300. The number of pyridine rings is 1. The third-order valence-electron chi connectivity index (χ3n) is 7.00. The van der Waals surface area contributed by atoms with Crippen LogP contribution < -0.4 is 10.2 Å². The van der Waals surface area contributed by atoms with Gasteiger partial charge < -0.3 is 15.1 Å². The highest BCUT2D eigenvalue weighted by Gasteiger charge is 2.26. The SMILES string of the molecule is Cc1cc(C)nc(NCCC(=O)N2CCN(C(C)C)CCCN(C(=O)c3ccccn3)c3cc(F)ccc3C2)n1. The quantitative estimate of drug-likeness (QED) is 0.494. The van der Waals surface area contributed by atoms with E-state index in [9.17, 15) is 14.0 Å². The van der Waals surface area contributed by atoms with Gasteiger partial charge in [-0.25, -0.2) is 14.4 Å². The summed E-state index contributed by atoms with van der Waals surface area (Å²) in [4.78, 5) is 45.9. The molecule has 3 aromatic rings. The molecule has 0 saturated carbocycles. The van der Waals surface area contributed by atoms with Gasteiger partial charge in [-0.3, -0.25) is 19.5 Å². The number of nitrogens with zero attached hydrogens (tertiary/aromatic N) is 6. The molecule has 0 saturated heterocycles. The molecule has 1 aliphatic rings. The maximum atomic E-state index is 14.6. The lowest BCUT2D eigenvalue weighted by atomic mass is 10.1. The lowest BCUT2D eigenvalue weighted by molar-refractivity contribution is -0.131. The van der Waals surface area contributed by atoms with Crippen molar-refractivity contribution < 1.29 is 14.0 Å². The molecule has 1 aromatic carbocycles. The van der Waals surface area contributed by atoms with Crippen molar-refractivity contribution in [2.75, 3.05) is 42.9 Å². The minimum absolute atomic E-state index is 0.0438. The summed E-state index contributed by atoms with van der Waals surface area (Å²) in [5.74, 6) is -0.277. The van der Waals surface area contributed by atoms with E-state index < -0.39 is 5.82 Å². The Hall–Kier alpha value is -3.92. The van der Waals surface area contributed by atoms with Crippen molar-refractivity contribution in [3.05, 3.63) is 77.1 Å². The number of benzene rings is 1. The molecule has 0 aliphatic carbocycles. The van der Waals surface area contributed by atoms with Gasteiger partial charge in [-0.05, 0) is 70.0 Å². The predicted molar refractivity (Wildman–Crippen MR) is 154 cm³/mol. The molecule has 0 unspecified atom stereocenters. The Balaban J connectivity index is 1.60. The van der Waals surface area contributed by atoms with Crippen molar-refractivity contribution in [3.63, 3.8) is 0 Å². The first-order valence-corrected chi connectivity index (χ1v) is 13.8. The van der Waals surface area contributed by atoms with E-state index >= 15 is 0 Å². The number of hydrogen-bond acceptors (Lipinski definition) is 7. The molecule has 2 amide bonds. The number of rotatable bonds is 6. The van der Waals surface area contributed by atoms with Crippen LogP contribution in [0.1, 0.15) is 54.1 Å². The Kier molecular flexibility index (Phi) is 9.76. The number of hydrogen-bond donors (Lipinski definition) is 1. The van der Waals surface area contributed by atoms with Crippen LogP contribution in [0.25, 0.3) is 0 Å². The largest absolute Gasteiger partial charge is 0.354 e. The number of aromatic nitrogens is 3. The van der Waals surface area contributed by atoms with Crippen LogP contribution in [0.3, 0.4) is 0 Å².